The molecule has 0 aliphatic carbocycles. The maximum atomic E-state index is 11.0. The second-order valence-electron chi connectivity index (χ2n) is 4.38. The van der Waals surface area contributed by atoms with Crippen molar-refractivity contribution in [2.45, 2.75) is 0 Å². The number of ether oxygens (including phenoxy) is 2. The standard InChI is InChI=1S/C16H14BO6/c1-20-13-3-5-15(11(7-13)9-18)22-17-23-16-6-4-14(21-2)8-12(16)10-19/h3-10H,1-2H3. The second-order valence-corrected chi connectivity index (χ2v) is 4.38. The number of hydrogen-bond acceptors (Lipinski definition) is 6. The molecular weight excluding hydrogens is 299 g/mol. The lowest BCUT2D eigenvalue weighted by Crippen LogP contribution is -2.13. The third-order valence-corrected chi connectivity index (χ3v) is 3.04. The number of carbonyl (C=O) groups excluding carboxylic acids is 2. The smallest absolute Gasteiger partial charge is 0.526 e. The first-order valence-electron chi connectivity index (χ1n) is 6.63. The molecule has 0 aliphatic rings. The van der Waals surface area contributed by atoms with Crippen LogP contribution in [0.25, 0.3) is 0 Å². The van der Waals surface area contributed by atoms with Crippen LogP contribution in [0.3, 0.4) is 0 Å². The van der Waals surface area contributed by atoms with Crippen molar-refractivity contribution in [3.05, 3.63) is 47.5 Å². The highest BCUT2D eigenvalue weighted by Crippen LogP contribution is 2.24. The van der Waals surface area contributed by atoms with Crippen LogP contribution in [0, 0.1) is 0 Å². The summed E-state index contributed by atoms with van der Waals surface area (Å²) in [6.07, 6.45) is 1.30. The Morgan fingerprint density at radius 1 is 0.783 bits per heavy atom. The predicted octanol–water partition coefficient (Wildman–Crippen LogP) is 2.32. The molecule has 0 aromatic heterocycles. The normalized spacial score (nSPS) is 9.65. The van der Waals surface area contributed by atoms with Gasteiger partial charge in [0, 0.05) is 0 Å². The monoisotopic (exact) mass is 313 g/mol. The van der Waals surface area contributed by atoms with E-state index < -0.39 is 0 Å². The fourth-order valence-electron chi connectivity index (χ4n) is 1.83. The van der Waals surface area contributed by atoms with Crippen LogP contribution in [0.15, 0.2) is 36.4 Å². The lowest BCUT2D eigenvalue weighted by Gasteiger charge is -2.11. The van der Waals surface area contributed by atoms with Crippen molar-refractivity contribution >= 4 is 20.3 Å². The summed E-state index contributed by atoms with van der Waals surface area (Å²) in [7, 11) is 4.05. The predicted molar refractivity (Wildman–Crippen MR) is 83.8 cm³/mol. The molecule has 0 N–H and O–H groups in total. The summed E-state index contributed by atoms with van der Waals surface area (Å²) in [6.45, 7) is 0. The van der Waals surface area contributed by atoms with Crippen LogP contribution in [-0.4, -0.2) is 34.5 Å². The highest BCUT2D eigenvalue weighted by atomic mass is 16.6. The topological polar surface area (TPSA) is 71.1 Å². The van der Waals surface area contributed by atoms with Gasteiger partial charge >= 0.3 is 7.69 Å². The summed E-state index contributed by atoms with van der Waals surface area (Å²) in [4.78, 5) is 22.1. The molecule has 2 rings (SSSR count). The van der Waals surface area contributed by atoms with E-state index in [2.05, 4.69) is 0 Å². The lowest BCUT2D eigenvalue weighted by atomic mass is 10.2. The molecule has 0 spiro atoms. The number of carbonyl (C=O) groups is 2. The van der Waals surface area contributed by atoms with Crippen LogP contribution in [0.1, 0.15) is 20.7 Å². The quantitative estimate of drug-likeness (QED) is 0.550. The molecule has 0 bridgehead atoms. The average molecular weight is 313 g/mol. The number of aldehydes is 2. The molecule has 6 nitrogen and oxygen atoms in total. The van der Waals surface area contributed by atoms with E-state index in [4.69, 9.17) is 18.8 Å². The Balaban J connectivity index is 2.05. The minimum atomic E-state index is 0.307. The van der Waals surface area contributed by atoms with E-state index in [0.29, 0.717) is 46.7 Å². The van der Waals surface area contributed by atoms with Gasteiger partial charge in [-0.25, -0.2) is 0 Å². The SMILES string of the molecule is COc1ccc(O[B]Oc2ccc(OC)cc2C=O)c(C=O)c1. The van der Waals surface area contributed by atoms with Gasteiger partial charge in [0.15, 0.2) is 12.6 Å². The van der Waals surface area contributed by atoms with E-state index in [1.807, 2.05) is 0 Å². The van der Waals surface area contributed by atoms with Crippen LogP contribution in [0.4, 0.5) is 0 Å². The summed E-state index contributed by atoms with van der Waals surface area (Å²) < 4.78 is 20.7. The second kappa shape index (κ2) is 7.88. The summed E-state index contributed by atoms with van der Waals surface area (Å²) in [5.41, 5.74) is 0.629. The van der Waals surface area contributed by atoms with E-state index in [1.54, 1.807) is 36.4 Å². The van der Waals surface area contributed by atoms with Gasteiger partial charge in [0.2, 0.25) is 0 Å². The fourth-order valence-corrected chi connectivity index (χ4v) is 1.83. The highest BCUT2D eigenvalue weighted by Gasteiger charge is 2.10. The Morgan fingerprint density at radius 3 is 1.57 bits per heavy atom. The average Bonchev–Trinajstić information content (AvgIpc) is 2.61. The number of methoxy groups -OCH3 is 2. The Bertz CT molecular complexity index is 641. The Hall–Kier alpha value is -2.96. The van der Waals surface area contributed by atoms with Crippen molar-refractivity contribution in [2.24, 2.45) is 0 Å². The zero-order valence-electron chi connectivity index (χ0n) is 12.6. The van der Waals surface area contributed by atoms with Crippen molar-refractivity contribution in [3.8, 4) is 23.0 Å². The minimum absolute atomic E-state index is 0.307. The molecule has 23 heavy (non-hydrogen) atoms. The first kappa shape index (κ1) is 16.4. The first-order valence-corrected chi connectivity index (χ1v) is 6.63. The minimum Gasteiger partial charge on any atom is -0.526 e. The molecule has 1 radical (unpaired) electrons. The maximum absolute atomic E-state index is 11.0. The molecule has 2 aromatic carbocycles. The molecule has 0 saturated carbocycles. The third kappa shape index (κ3) is 4.03. The molecule has 0 fully saturated rings. The van der Waals surface area contributed by atoms with Crippen molar-refractivity contribution in [1.82, 2.24) is 0 Å². The molecule has 0 heterocycles. The lowest BCUT2D eigenvalue weighted by molar-refractivity contribution is 0.111. The van der Waals surface area contributed by atoms with Gasteiger partial charge in [0.05, 0.1) is 25.3 Å². The zero-order chi connectivity index (χ0) is 16.7. The molecule has 117 valence electrons. The van der Waals surface area contributed by atoms with E-state index in [1.165, 1.54) is 14.2 Å². The van der Waals surface area contributed by atoms with Gasteiger partial charge < -0.3 is 18.8 Å². The van der Waals surface area contributed by atoms with Gasteiger partial charge in [-0.1, -0.05) is 0 Å². The number of hydrogen-bond donors (Lipinski definition) is 0. The van der Waals surface area contributed by atoms with Gasteiger partial charge in [-0.2, -0.15) is 0 Å². The fraction of sp³-hybridized carbons (Fsp3) is 0.125. The van der Waals surface area contributed by atoms with Gasteiger partial charge in [0.1, 0.15) is 23.0 Å². The zero-order valence-corrected chi connectivity index (χ0v) is 12.6. The third-order valence-electron chi connectivity index (χ3n) is 3.04. The molecule has 0 unspecified atom stereocenters. The summed E-state index contributed by atoms with van der Waals surface area (Å²) in [6, 6.07) is 9.55. The van der Waals surface area contributed by atoms with Crippen molar-refractivity contribution in [2.75, 3.05) is 14.2 Å². The van der Waals surface area contributed by atoms with Gasteiger partial charge in [-0.05, 0) is 36.4 Å². The maximum Gasteiger partial charge on any atom is 0.658 e. The van der Waals surface area contributed by atoms with Crippen LogP contribution < -0.4 is 18.8 Å². The summed E-state index contributed by atoms with van der Waals surface area (Å²) in [5.74, 6) is 1.70. The summed E-state index contributed by atoms with van der Waals surface area (Å²) >= 11 is 0. The van der Waals surface area contributed by atoms with Crippen molar-refractivity contribution in [1.29, 1.82) is 0 Å². The highest BCUT2D eigenvalue weighted by molar-refractivity contribution is 6.21. The van der Waals surface area contributed by atoms with Gasteiger partial charge in [-0.3, -0.25) is 9.59 Å². The van der Waals surface area contributed by atoms with E-state index in [0.717, 1.165) is 7.69 Å². The van der Waals surface area contributed by atoms with Crippen molar-refractivity contribution in [3.63, 3.8) is 0 Å². The van der Waals surface area contributed by atoms with E-state index in [9.17, 15) is 9.59 Å². The molecule has 0 atom stereocenters. The van der Waals surface area contributed by atoms with E-state index in [-0.39, 0.29) is 0 Å². The molecule has 7 heteroatoms. The molecule has 0 aliphatic heterocycles. The van der Waals surface area contributed by atoms with Crippen LogP contribution >= 0.6 is 0 Å². The Labute approximate surface area is 134 Å². The largest absolute Gasteiger partial charge is 0.658 e. The van der Waals surface area contributed by atoms with Crippen LogP contribution in [0.5, 0.6) is 23.0 Å². The first-order chi connectivity index (χ1) is 11.2. The molecule has 0 saturated heterocycles. The van der Waals surface area contributed by atoms with Gasteiger partial charge in [-0.15, -0.1) is 0 Å². The van der Waals surface area contributed by atoms with Crippen molar-refractivity contribution < 1.29 is 28.4 Å². The summed E-state index contributed by atoms with van der Waals surface area (Å²) in [5, 5.41) is 0. The van der Waals surface area contributed by atoms with Crippen LogP contribution in [-0.2, 0) is 0 Å². The molecule has 0 amide bonds. The van der Waals surface area contributed by atoms with Crippen LogP contribution in [0.2, 0.25) is 0 Å². The Morgan fingerprint density at radius 2 is 1.22 bits per heavy atom. The Kier molecular flexibility index (Phi) is 5.63. The van der Waals surface area contributed by atoms with Gasteiger partial charge in [0.25, 0.3) is 0 Å². The molecular formula is C16H14BO6. The van der Waals surface area contributed by atoms with E-state index >= 15 is 0 Å². The molecule has 2 aromatic rings. The number of rotatable bonds is 8. The number of benzene rings is 2.